The molecule has 1 N–H and O–H groups in total. The summed E-state index contributed by atoms with van der Waals surface area (Å²) in [5, 5.41) is 10.3. The summed E-state index contributed by atoms with van der Waals surface area (Å²) in [6.07, 6.45) is 8.46. The van der Waals surface area contributed by atoms with Crippen molar-refractivity contribution in [1.29, 1.82) is 0 Å². The van der Waals surface area contributed by atoms with Gasteiger partial charge in [-0.05, 0) is 19.3 Å². The van der Waals surface area contributed by atoms with Gasteiger partial charge in [0.15, 0.2) is 0 Å². The summed E-state index contributed by atoms with van der Waals surface area (Å²) in [5.41, 5.74) is -0.368. The number of rotatable bonds is 6. The topological polar surface area (TPSA) is 23.5 Å². The first-order chi connectivity index (χ1) is 7.20. The zero-order chi connectivity index (χ0) is 11.1. The van der Waals surface area contributed by atoms with Gasteiger partial charge in [0, 0.05) is 19.6 Å². The zero-order valence-corrected chi connectivity index (χ0v) is 10.0. The SMILES string of the molecule is C=CCN1CCC(O)(CCCCC)CC1. The third kappa shape index (κ3) is 4.35. The van der Waals surface area contributed by atoms with Crippen LogP contribution in [0.25, 0.3) is 0 Å². The van der Waals surface area contributed by atoms with Crippen LogP contribution in [0.3, 0.4) is 0 Å². The predicted molar refractivity (Wildman–Crippen MR) is 65.0 cm³/mol. The number of piperidine rings is 1. The molecule has 1 fully saturated rings. The fourth-order valence-electron chi connectivity index (χ4n) is 2.29. The molecular weight excluding hydrogens is 186 g/mol. The van der Waals surface area contributed by atoms with E-state index < -0.39 is 0 Å². The molecule has 0 saturated carbocycles. The van der Waals surface area contributed by atoms with E-state index >= 15 is 0 Å². The van der Waals surface area contributed by atoms with Crippen molar-refractivity contribution >= 4 is 0 Å². The number of likely N-dealkylation sites (tertiary alicyclic amines) is 1. The molecule has 0 atom stereocenters. The maximum Gasteiger partial charge on any atom is 0.0672 e. The number of nitrogens with zero attached hydrogens (tertiary/aromatic N) is 1. The van der Waals surface area contributed by atoms with Crippen LogP contribution in [0.1, 0.15) is 45.4 Å². The van der Waals surface area contributed by atoms with Gasteiger partial charge in [-0.3, -0.25) is 4.90 Å². The lowest BCUT2D eigenvalue weighted by atomic mass is 9.86. The highest BCUT2D eigenvalue weighted by molar-refractivity contribution is 4.87. The van der Waals surface area contributed by atoms with Gasteiger partial charge in [0.1, 0.15) is 0 Å². The smallest absolute Gasteiger partial charge is 0.0672 e. The molecule has 1 aliphatic heterocycles. The minimum atomic E-state index is -0.368. The second-order valence-electron chi connectivity index (χ2n) is 4.77. The Balaban J connectivity index is 2.24. The molecule has 0 unspecified atom stereocenters. The monoisotopic (exact) mass is 211 g/mol. The van der Waals surface area contributed by atoms with Gasteiger partial charge >= 0.3 is 0 Å². The molecule has 0 radical (unpaired) electrons. The molecule has 1 heterocycles. The van der Waals surface area contributed by atoms with E-state index in [9.17, 15) is 5.11 Å². The van der Waals surface area contributed by atoms with E-state index in [-0.39, 0.29) is 5.60 Å². The number of unbranched alkanes of at least 4 members (excludes halogenated alkanes) is 2. The van der Waals surface area contributed by atoms with Crippen LogP contribution >= 0.6 is 0 Å². The Bertz CT molecular complexity index is 183. The molecule has 0 bridgehead atoms. The number of aliphatic hydroxyl groups is 1. The fraction of sp³-hybridized carbons (Fsp3) is 0.846. The van der Waals surface area contributed by atoms with Crippen molar-refractivity contribution in [1.82, 2.24) is 4.90 Å². The second-order valence-corrected chi connectivity index (χ2v) is 4.77. The summed E-state index contributed by atoms with van der Waals surface area (Å²) in [4.78, 5) is 2.36. The molecule has 15 heavy (non-hydrogen) atoms. The molecule has 1 rings (SSSR count). The number of hydrogen-bond acceptors (Lipinski definition) is 2. The maximum absolute atomic E-state index is 10.3. The largest absolute Gasteiger partial charge is 0.390 e. The van der Waals surface area contributed by atoms with Crippen LogP contribution in [-0.2, 0) is 0 Å². The van der Waals surface area contributed by atoms with Crippen LogP contribution < -0.4 is 0 Å². The van der Waals surface area contributed by atoms with E-state index in [4.69, 9.17) is 0 Å². The minimum Gasteiger partial charge on any atom is -0.390 e. The van der Waals surface area contributed by atoms with Gasteiger partial charge in [-0.25, -0.2) is 0 Å². The Kier molecular flexibility index (Phi) is 5.34. The summed E-state index contributed by atoms with van der Waals surface area (Å²) < 4.78 is 0. The molecule has 2 heteroatoms. The van der Waals surface area contributed by atoms with Crippen molar-refractivity contribution in [2.24, 2.45) is 0 Å². The Morgan fingerprint density at radius 1 is 1.33 bits per heavy atom. The second kappa shape index (κ2) is 6.29. The van der Waals surface area contributed by atoms with Crippen LogP contribution in [0.2, 0.25) is 0 Å². The molecule has 0 spiro atoms. The van der Waals surface area contributed by atoms with E-state index in [1.165, 1.54) is 19.3 Å². The Morgan fingerprint density at radius 2 is 2.00 bits per heavy atom. The van der Waals surface area contributed by atoms with Crippen LogP contribution in [0, 0.1) is 0 Å². The van der Waals surface area contributed by atoms with Crippen LogP contribution in [-0.4, -0.2) is 35.2 Å². The lowest BCUT2D eigenvalue weighted by Gasteiger charge is -2.38. The predicted octanol–water partition coefficient (Wildman–Crippen LogP) is 2.58. The van der Waals surface area contributed by atoms with Gasteiger partial charge in [-0.1, -0.05) is 32.3 Å². The van der Waals surface area contributed by atoms with Crippen molar-refractivity contribution in [3.8, 4) is 0 Å². The van der Waals surface area contributed by atoms with Crippen molar-refractivity contribution in [2.45, 2.75) is 51.0 Å². The van der Waals surface area contributed by atoms with Gasteiger partial charge in [-0.15, -0.1) is 6.58 Å². The number of hydrogen-bond donors (Lipinski definition) is 1. The standard InChI is InChI=1S/C13H25NO/c1-3-5-6-7-13(15)8-11-14(10-4-2)12-9-13/h4,15H,2-3,5-12H2,1H3. The van der Waals surface area contributed by atoms with Gasteiger partial charge in [-0.2, -0.15) is 0 Å². The lowest BCUT2D eigenvalue weighted by molar-refractivity contribution is -0.0268. The minimum absolute atomic E-state index is 0.368. The highest BCUT2D eigenvalue weighted by Crippen LogP contribution is 2.27. The highest BCUT2D eigenvalue weighted by Gasteiger charge is 2.30. The van der Waals surface area contributed by atoms with Crippen LogP contribution in [0.15, 0.2) is 12.7 Å². The third-order valence-electron chi connectivity index (χ3n) is 3.42. The van der Waals surface area contributed by atoms with Crippen LogP contribution in [0.4, 0.5) is 0 Å². The van der Waals surface area contributed by atoms with E-state index in [2.05, 4.69) is 18.4 Å². The summed E-state index contributed by atoms with van der Waals surface area (Å²) in [6, 6.07) is 0. The molecule has 0 aromatic heterocycles. The third-order valence-corrected chi connectivity index (χ3v) is 3.42. The average Bonchev–Trinajstić information content (AvgIpc) is 2.23. The Labute approximate surface area is 94.0 Å². The van der Waals surface area contributed by atoms with Crippen molar-refractivity contribution in [2.75, 3.05) is 19.6 Å². The van der Waals surface area contributed by atoms with E-state index in [0.29, 0.717) is 0 Å². The van der Waals surface area contributed by atoms with Gasteiger partial charge < -0.3 is 5.11 Å². The normalized spacial score (nSPS) is 21.5. The van der Waals surface area contributed by atoms with Gasteiger partial charge in [0.2, 0.25) is 0 Å². The highest BCUT2D eigenvalue weighted by atomic mass is 16.3. The summed E-state index contributed by atoms with van der Waals surface area (Å²) >= 11 is 0. The zero-order valence-electron chi connectivity index (χ0n) is 10.0. The molecule has 88 valence electrons. The fourth-order valence-corrected chi connectivity index (χ4v) is 2.29. The first-order valence-electron chi connectivity index (χ1n) is 6.26. The molecule has 1 aliphatic rings. The first kappa shape index (κ1) is 12.7. The summed E-state index contributed by atoms with van der Waals surface area (Å²) in [5.74, 6) is 0. The average molecular weight is 211 g/mol. The Morgan fingerprint density at radius 3 is 2.53 bits per heavy atom. The first-order valence-corrected chi connectivity index (χ1v) is 6.26. The van der Waals surface area contributed by atoms with Gasteiger partial charge in [0.05, 0.1) is 5.60 Å². The maximum atomic E-state index is 10.3. The summed E-state index contributed by atoms with van der Waals surface area (Å²) in [6.45, 7) is 8.96. The molecular formula is C13H25NO. The summed E-state index contributed by atoms with van der Waals surface area (Å²) in [7, 11) is 0. The van der Waals surface area contributed by atoms with Crippen molar-refractivity contribution in [3.05, 3.63) is 12.7 Å². The van der Waals surface area contributed by atoms with Gasteiger partial charge in [0.25, 0.3) is 0 Å². The molecule has 0 aromatic rings. The Hall–Kier alpha value is -0.340. The lowest BCUT2D eigenvalue weighted by Crippen LogP contribution is -2.44. The van der Waals surface area contributed by atoms with E-state index in [1.807, 2.05) is 6.08 Å². The molecule has 0 aliphatic carbocycles. The quantitative estimate of drug-likeness (QED) is 0.539. The van der Waals surface area contributed by atoms with Crippen LogP contribution in [0.5, 0.6) is 0 Å². The van der Waals surface area contributed by atoms with E-state index in [0.717, 1.165) is 38.9 Å². The van der Waals surface area contributed by atoms with Crippen molar-refractivity contribution < 1.29 is 5.11 Å². The molecule has 1 saturated heterocycles. The van der Waals surface area contributed by atoms with E-state index in [1.54, 1.807) is 0 Å². The molecule has 2 nitrogen and oxygen atoms in total. The van der Waals surface area contributed by atoms with Crippen molar-refractivity contribution in [3.63, 3.8) is 0 Å². The molecule has 0 aromatic carbocycles. The molecule has 0 amide bonds.